The average molecular weight is 438 g/mol. The van der Waals surface area contributed by atoms with Crippen molar-refractivity contribution in [1.29, 1.82) is 0 Å². The molecule has 0 aromatic carbocycles. The second-order valence-corrected chi connectivity index (χ2v) is 9.37. The molecule has 3 aromatic rings. The average Bonchev–Trinajstić information content (AvgIpc) is 3.19. The third-order valence-corrected chi connectivity index (χ3v) is 7.13. The van der Waals surface area contributed by atoms with Crippen LogP contribution in [0.4, 0.5) is 0 Å². The van der Waals surface area contributed by atoms with Crippen LogP contribution in [0.1, 0.15) is 38.2 Å². The van der Waals surface area contributed by atoms with Gasteiger partial charge >= 0.3 is 5.69 Å². The van der Waals surface area contributed by atoms with E-state index in [1.54, 1.807) is 10.7 Å². The highest BCUT2D eigenvalue weighted by Crippen LogP contribution is 2.29. The zero-order chi connectivity index (χ0) is 22.1. The van der Waals surface area contributed by atoms with Crippen LogP contribution < -0.4 is 11.2 Å². The van der Waals surface area contributed by atoms with E-state index >= 15 is 0 Å². The number of aromatic nitrogens is 4. The van der Waals surface area contributed by atoms with Crippen LogP contribution >= 0.6 is 0 Å². The van der Waals surface area contributed by atoms with Crippen molar-refractivity contribution in [2.75, 3.05) is 26.3 Å². The van der Waals surface area contributed by atoms with Gasteiger partial charge in [0.1, 0.15) is 0 Å². The molecule has 2 aliphatic heterocycles. The SMILES string of the molecule is C[C@@H]1C[C@H](Cc2ccn3ncc(-n4ccc(=O)[nH]c4=O)c3c2)CCN1CC1CCOCC1. The van der Waals surface area contributed by atoms with Crippen LogP contribution in [0.15, 0.2) is 46.4 Å². The van der Waals surface area contributed by atoms with Gasteiger partial charge in [-0.15, -0.1) is 0 Å². The molecule has 0 unspecified atom stereocenters. The van der Waals surface area contributed by atoms with Gasteiger partial charge in [0.05, 0.1) is 17.4 Å². The number of H-pyrrole nitrogens is 1. The molecule has 8 nitrogen and oxygen atoms in total. The predicted octanol–water partition coefficient (Wildman–Crippen LogP) is 2.24. The first-order valence-electron chi connectivity index (χ1n) is 11.7. The number of nitrogens with zero attached hydrogens (tertiary/aromatic N) is 4. The minimum absolute atomic E-state index is 0.402. The van der Waals surface area contributed by atoms with Crippen LogP contribution in [0, 0.1) is 11.8 Å². The molecular weight excluding hydrogens is 406 g/mol. The molecule has 170 valence electrons. The largest absolute Gasteiger partial charge is 0.381 e. The summed E-state index contributed by atoms with van der Waals surface area (Å²) in [6.45, 7) is 6.57. The fourth-order valence-corrected chi connectivity index (χ4v) is 5.30. The summed E-state index contributed by atoms with van der Waals surface area (Å²) < 4.78 is 8.72. The Hall–Kier alpha value is -2.71. The van der Waals surface area contributed by atoms with E-state index in [-0.39, 0.29) is 0 Å². The van der Waals surface area contributed by atoms with Gasteiger partial charge in [-0.05, 0) is 75.1 Å². The second-order valence-electron chi connectivity index (χ2n) is 9.37. The standard InChI is InChI=1S/C24H31N5O3/c1-17-12-19(2-7-27(17)16-18-5-10-32-11-6-18)13-20-3-9-29-21(14-20)22(15-25-29)28-8-4-23(30)26-24(28)31/h3-4,8-9,14-15,17-19H,2,5-7,10-13,16H2,1H3,(H,26,30,31)/t17-,19-/m1/s1. The molecule has 0 radical (unpaired) electrons. The minimum atomic E-state index is -0.455. The van der Waals surface area contributed by atoms with E-state index in [1.165, 1.54) is 54.6 Å². The first-order valence-corrected chi connectivity index (χ1v) is 11.7. The van der Waals surface area contributed by atoms with Crippen LogP contribution in [0.2, 0.25) is 0 Å². The van der Waals surface area contributed by atoms with Crippen molar-refractivity contribution in [2.24, 2.45) is 11.8 Å². The highest BCUT2D eigenvalue weighted by atomic mass is 16.5. The minimum Gasteiger partial charge on any atom is -0.381 e. The molecule has 3 aromatic heterocycles. The fourth-order valence-electron chi connectivity index (χ4n) is 5.30. The number of hydrogen-bond donors (Lipinski definition) is 1. The van der Waals surface area contributed by atoms with Gasteiger partial charge in [0.25, 0.3) is 5.56 Å². The lowest BCUT2D eigenvalue weighted by molar-refractivity contribution is 0.0347. The quantitative estimate of drug-likeness (QED) is 0.662. The van der Waals surface area contributed by atoms with Crippen LogP contribution in [-0.4, -0.2) is 56.4 Å². The van der Waals surface area contributed by atoms with Gasteiger partial charge in [-0.3, -0.25) is 14.3 Å². The van der Waals surface area contributed by atoms with E-state index in [9.17, 15) is 9.59 Å². The van der Waals surface area contributed by atoms with Crippen molar-refractivity contribution >= 4 is 5.52 Å². The van der Waals surface area contributed by atoms with E-state index in [4.69, 9.17) is 4.74 Å². The summed E-state index contributed by atoms with van der Waals surface area (Å²) in [6.07, 6.45) is 10.9. The highest BCUT2D eigenvalue weighted by molar-refractivity contribution is 5.64. The topological polar surface area (TPSA) is 84.6 Å². The maximum atomic E-state index is 12.3. The zero-order valence-corrected chi connectivity index (χ0v) is 18.6. The van der Waals surface area contributed by atoms with Crippen molar-refractivity contribution < 1.29 is 4.74 Å². The Morgan fingerprint density at radius 1 is 1.12 bits per heavy atom. The molecule has 2 fully saturated rings. The Morgan fingerprint density at radius 3 is 2.75 bits per heavy atom. The zero-order valence-electron chi connectivity index (χ0n) is 18.6. The molecule has 0 amide bonds. The molecule has 0 bridgehead atoms. The number of likely N-dealkylation sites (tertiary alicyclic amines) is 1. The summed E-state index contributed by atoms with van der Waals surface area (Å²) in [5, 5.41) is 4.37. The maximum Gasteiger partial charge on any atom is 0.333 e. The number of piperidine rings is 1. The van der Waals surface area contributed by atoms with E-state index in [1.807, 2.05) is 6.20 Å². The monoisotopic (exact) mass is 437 g/mol. The second kappa shape index (κ2) is 9.03. The van der Waals surface area contributed by atoms with Gasteiger partial charge in [0.15, 0.2) is 0 Å². The summed E-state index contributed by atoms with van der Waals surface area (Å²) in [5.74, 6) is 1.43. The van der Waals surface area contributed by atoms with E-state index in [2.05, 4.69) is 34.0 Å². The fraction of sp³-hybridized carbons (Fsp3) is 0.542. The van der Waals surface area contributed by atoms with Gasteiger partial charge in [0, 0.05) is 44.3 Å². The molecule has 8 heteroatoms. The number of rotatable bonds is 5. The van der Waals surface area contributed by atoms with Crippen molar-refractivity contribution in [2.45, 2.75) is 45.1 Å². The molecule has 2 atom stereocenters. The Balaban J connectivity index is 1.28. The van der Waals surface area contributed by atoms with Crippen LogP contribution in [-0.2, 0) is 11.2 Å². The van der Waals surface area contributed by atoms with Gasteiger partial charge in [-0.25, -0.2) is 9.31 Å². The molecule has 5 heterocycles. The molecular formula is C24H31N5O3. The lowest BCUT2D eigenvalue weighted by atomic mass is 9.85. The maximum absolute atomic E-state index is 12.3. The van der Waals surface area contributed by atoms with Gasteiger partial charge in [-0.2, -0.15) is 5.10 Å². The first kappa shape index (κ1) is 21.2. The number of fused-ring (bicyclic) bond motifs is 1. The van der Waals surface area contributed by atoms with Crippen molar-refractivity contribution in [1.82, 2.24) is 24.1 Å². The molecule has 0 saturated carbocycles. The number of hydrogen-bond acceptors (Lipinski definition) is 5. The smallest absolute Gasteiger partial charge is 0.333 e. The van der Waals surface area contributed by atoms with Crippen LogP contribution in [0.3, 0.4) is 0 Å². The molecule has 32 heavy (non-hydrogen) atoms. The number of nitrogens with one attached hydrogen (secondary N) is 1. The third-order valence-electron chi connectivity index (χ3n) is 7.13. The molecule has 0 spiro atoms. The van der Waals surface area contributed by atoms with Crippen molar-refractivity contribution in [3.8, 4) is 5.69 Å². The first-order chi connectivity index (χ1) is 15.6. The van der Waals surface area contributed by atoms with Crippen LogP contribution in [0.5, 0.6) is 0 Å². The lowest BCUT2D eigenvalue weighted by Gasteiger charge is -2.40. The number of aromatic amines is 1. The number of ether oxygens (including phenoxy) is 1. The third kappa shape index (κ3) is 4.42. The molecule has 1 N–H and O–H groups in total. The molecule has 2 saturated heterocycles. The van der Waals surface area contributed by atoms with E-state index in [0.29, 0.717) is 17.6 Å². The summed E-state index contributed by atoms with van der Waals surface area (Å²) in [6, 6.07) is 6.20. The number of pyridine rings is 1. The van der Waals surface area contributed by atoms with Gasteiger partial charge in [0.2, 0.25) is 0 Å². The Kier molecular flexibility index (Phi) is 5.97. The summed E-state index contributed by atoms with van der Waals surface area (Å²) in [5.41, 5.74) is 1.94. The Bertz CT molecular complexity index is 1190. The molecule has 0 aliphatic carbocycles. The van der Waals surface area contributed by atoms with Crippen LogP contribution in [0.25, 0.3) is 11.2 Å². The molecule has 2 aliphatic rings. The van der Waals surface area contributed by atoms with Crippen molar-refractivity contribution in [3.63, 3.8) is 0 Å². The Morgan fingerprint density at radius 2 is 1.97 bits per heavy atom. The van der Waals surface area contributed by atoms with Crippen molar-refractivity contribution in [3.05, 3.63) is 63.2 Å². The highest BCUT2D eigenvalue weighted by Gasteiger charge is 2.28. The normalized spacial score (nSPS) is 23.0. The lowest BCUT2D eigenvalue weighted by Crippen LogP contribution is -2.44. The van der Waals surface area contributed by atoms with Gasteiger partial charge < -0.3 is 9.64 Å². The Labute approximate surface area is 186 Å². The summed E-state index contributed by atoms with van der Waals surface area (Å²) in [4.78, 5) is 28.7. The van der Waals surface area contributed by atoms with E-state index < -0.39 is 11.2 Å². The van der Waals surface area contributed by atoms with E-state index in [0.717, 1.165) is 37.6 Å². The predicted molar refractivity (Wildman–Crippen MR) is 122 cm³/mol. The van der Waals surface area contributed by atoms with Gasteiger partial charge in [-0.1, -0.05) is 0 Å². The summed E-state index contributed by atoms with van der Waals surface area (Å²) in [7, 11) is 0. The summed E-state index contributed by atoms with van der Waals surface area (Å²) >= 11 is 0. The molecule has 5 rings (SSSR count).